The molecular formula is C27H41NO7. The second-order valence-electron chi connectivity index (χ2n) is 12.5. The number of aliphatic hydroxyl groups excluding tert-OH is 2. The van der Waals surface area contributed by atoms with E-state index >= 15 is 0 Å². The molecule has 5 fully saturated rings. The van der Waals surface area contributed by atoms with Gasteiger partial charge in [0.2, 0.25) is 5.91 Å². The number of ether oxygens (including phenoxy) is 2. The van der Waals surface area contributed by atoms with E-state index in [1.165, 1.54) is 0 Å². The Morgan fingerprint density at radius 3 is 2.60 bits per heavy atom. The second kappa shape index (κ2) is 8.35. The van der Waals surface area contributed by atoms with Crippen LogP contribution in [0.15, 0.2) is 11.6 Å². The number of carbonyl (C=O) groups excluding carboxylic acids is 2. The van der Waals surface area contributed by atoms with Crippen LogP contribution in [0.4, 0.5) is 0 Å². The van der Waals surface area contributed by atoms with Crippen molar-refractivity contribution in [2.24, 2.45) is 29.1 Å². The summed E-state index contributed by atoms with van der Waals surface area (Å²) in [7, 11) is 0. The molecule has 5 rings (SSSR count). The van der Waals surface area contributed by atoms with Crippen molar-refractivity contribution in [3.8, 4) is 0 Å². The van der Waals surface area contributed by atoms with Gasteiger partial charge in [-0.15, -0.1) is 0 Å². The Balaban J connectivity index is 1.53. The highest BCUT2D eigenvalue weighted by Gasteiger charge is 2.73. The van der Waals surface area contributed by atoms with E-state index in [-0.39, 0.29) is 55.3 Å². The van der Waals surface area contributed by atoms with Crippen molar-refractivity contribution in [1.82, 2.24) is 4.90 Å². The fraction of sp³-hybridized carbons (Fsp3) is 0.852. The summed E-state index contributed by atoms with van der Waals surface area (Å²) in [5, 5.41) is 30.5. The lowest BCUT2D eigenvalue weighted by Crippen LogP contribution is -2.56. The van der Waals surface area contributed by atoms with E-state index in [1.54, 1.807) is 6.92 Å². The highest BCUT2D eigenvalue weighted by atomic mass is 16.5. The van der Waals surface area contributed by atoms with Gasteiger partial charge in [-0.3, -0.25) is 14.5 Å². The first-order valence-electron chi connectivity index (χ1n) is 13.2. The number of aliphatic hydroxyl groups is 3. The number of amides is 2. The molecule has 2 aliphatic carbocycles. The fourth-order valence-electron chi connectivity index (χ4n) is 8.59. The minimum absolute atomic E-state index is 0.0173. The Morgan fingerprint density at radius 2 is 1.91 bits per heavy atom. The van der Waals surface area contributed by atoms with Crippen molar-refractivity contribution < 1.29 is 34.4 Å². The van der Waals surface area contributed by atoms with Gasteiger partial charge in [0.1, 0.15) is 0 Å². The number of hydrogen-bond donors (Lipinski definition) is 3. The van der Waals surface area contributed by atoms with E-state index in [9.17, 15) is 24.9 Å². The zero-order chi connectivity index (χ0) is 25.4. The van der Waals surface area contributed by atoms with Crippen LogP contribution in [0.3, 0.4) is 0 Å². The molecule has 3 saturated heterocycles. The highest BCUT2D eigenvalue weighted by Crippen LogP contribution is 2.66. The third-order valence-corrected chi connectivity index (χ3v) is 10.3. The number of likely N-dealkylation sites (tertiary alicyclic amines) is 1. The summed E-state index contributed by atoms with van der Waals surface area (Å²) in [5.41, 5.74) is -2.18. The van der Waals surface area contributed by atoms with E-state index in [4.69, 9.17) is 9.47 Å². The van der Waals surface area contributed by atoms with E-state index in [2.05, 4.69) is 13.8 Å². The van der Waals surface area contributed by atoms with E-state index < -0.39 is 28.9 Å². The lowest BCUT2D eigenvalue weighted by molar-refractivity contribution is -0.158. The first kappa shape index (κ1) is 25.3. The van der Waals surface area contributed by atoms with Crippen LogP contribution in [-0.4, -0.2) is 81.3 Å². The molecule has 2 amide bonds. The van der Waals surface area contributed by atoms with Crippen LogP contribution >= 0.6 is 0 Å². The minimum atomic E-state index is -1.36. The number of imide groups is 1. The van der Waals surface area contributed by atoms with Crippen molar-refractivity contribution in [3.63, 3.8) is 0 Å². The number of fused-ring (bicyclic) bond motifs is 2. The van der Waals surface area contributed by atoms with Gasteiger partial charge in [0, 0.05) is 5.92 Å². The first-order valence-corrected chi connectivity index (χ1v) is 13.2. The van der Waals surface area contributed by atoms with Gasteiger partial charge in [0.15, 0.2) is 5.60 Å². The predicted molar refractivity (Wildman–Crippen MR) is 127 cm³/mol. The van der Waals surface area contributed by atoms with Gasteiger partial charge in [-0.2, -0.15) is 0 Å². The molecule has 2 saturated carbocycles. The average molecular weight is 492 g/mol. The SMILES string of the molecule is CC(=CC1CC(C)C2(CCC3(C)CC4C(C)(O)COC45C(=O)N(CCO)C(=O)C5CCC32)O1)CO. The molecule has 9 atom stereocenters. The summed E-state index contributed by atoms with van der Waals surface area (Å²) in [6.07, 6.45) is 6.54. The third-order valence-electron chi connectivity index (χ3n) is 10.3. The fourth-order valence-corrected chi connectivity index (χ4v) is 8.59. The molecule has 2 spiro atoms. The number of carbonyl (C=O) groups is 2. The summed E-state index contributed by atoms with van der Waals surface area (Å²) in [4.78, 5) is 28.3. The van der Waals surface area contributed by atoms with Crippen LogP contribution in [0.2, 0.25) is 0 Å². The molecule has 0 aromatic rings. The molecule has 3 N–H and O–H groups in total. The van der Waals surface area contributed by atoms with Crippen molar-refractivity contribution in [3.05, 3.63) is 11.6 Å². The number of β-amino-alcohol motifs (C(OH)–C–C–N with tert-alkyl or cyclic N) is 1. The molecule has 5 aliphatic rings. The van der Waals surface area contributed by atoms with E-state index in [0.717, 1.165) is 36.2 Å². The van der Waals surface area contributed by atoms with Gasteiger partial charge in [0.05, 0.1) is 49.6 Å². The maximum Gasteiger partial charge on any atom is 0.262 e. The Hall–Kier alpha value is -1.32. The molecule has 3 heterocycles. The summed E-state index contributed by atoms with van der Waals surface area (Å²) in [6.45, 7) is 7.86. The zero-order valence-electron chi connectivity index (χ0n) is 21.5. The van der Waals surface area contributed by atoms with Gasteiger partial charge < -0.3 is 24.8 Å². The Bertz CT molecular complexity index is 932. The van der Waals surface area contributed by atoms with Gasteiger partial charge in [-0.05, 0) is 75.2 Å². The zero-order valence-corrected chi connectivity index (χ0v) is 21.5. The predicted octanol–water partition coefficient (Wildman–Crippen LogP) is 1.80. The summed E-state index contributed by atoms with van der Waals surface area (Å²) >= 11 is 0. The van der Waals surface area contributed by atoms with Gasteiger partial charge >= 0.3 is 0 Å². The van der Waals surface area contributed by atoms with Crippen LogP contribution in [0.25, 0.3) is 0 Å². The van der Waals surface area contributed by atoms with Crippen LogP contribution < -0.4 is 0 Å². The molecule has 8 nitrogen and oxygen atoms in total. The molecule has 0 aromatic carbocycles. The molecule has 196 valence electrons. The first-order chi connectivity index (χ1) is 16.4. The lowest BCUT2D eigenvalue weighted by Gasteiger charge is -2.48. The van der Waals surface area contributed by atoms with Crippen molar-refractivity contribution in [2.45, 2.75) is 89.1 Å². The minimum Gasteiger partial charge on any atom is -0.395 e. The third kappa shape index (κ3) is 3.43. The molecule has 9 unspecified atom stereocenters. The summed E-state index contributed by atoms with van der Waals surface area (Å²) < 4.78 is 13.0. The Labute approximate surface area is 207 Å². The molecule has 3 aliphatic heterocycles. The Kier molecular flexibility index (Phi) is 6.04. The highest BCUT2D eigenvalue weighted by molar-refractivity contribution is 6.09. The van der Waals surface area contributed by atoms with Crippen molar-refractivity contribution >= 4 is 11.8 Å². The smallest absolute Gasteiger partial charge is 0.262 e. The second-order valence-corrected chi connectivity index (χ2v) is 12.5. The standard InChI is InChI=1S/C27H41NO7/c1-16(14-30)11-18-12-17(2)26(35-18)8-7-24(3)13-21-25(4,33)15-34-27(21)19(5-6-20(24)26)22(31)28(9-10-29)23(27)32/h11,17-21,29-30,33H,5-10,12-15H2,1-4H3. The van der Waals surface area contributed by atoms with Crippen molar-refractivity contribution in [2.75, 3.05) is 26.4 Å². The molecule has 0 aromatic heterocycles. The lowest BCUT2D eigenvalue weighted by atomic mass is 9.57. The van der Waals surface area contributed by atoms with Crippen LogP contribution in [0, 0.1) is 29.1 Å². The maximum atomic E-state index is 13.7. The molecule has 0 radical (unpaired) electrons. The molecule has 0 bridgehead atoms. The quantitative estimate of drug-likeness (QED) is 0.406. The van der Waals surface area contributed by atoms with Crippen LogP contribution in [0.5, 0.6) is 0 Å². The molecular weight excluding hydrogens is 450 g/mol. The maximum absolute atomic E-state index is 13.7. The van der Waals surface area contributed by atoms with Crippen LogP contribution in [0.1, 0.15) is 66.2 Å². The monoisotopic (exact) mass is 491 g/mol. The summed E-state index contributed by atoms with van der Waals surface area (Å²) in [6, 6.07) is 0. The average Bonchev–Trinajstić information content (AvgIpc) is 3.41. The number of nitrogens with zero attached hydrogens (tertiary/aromatic N) is 1. The van der Waals surface area contributed by atoms with Gasteiger partial charge in [-0.25, -0.2) is 0 Å². The van der Waals surface area contributed by atoms with Crippen LogP contribution in [-0.2, 0) is 19.1 Å². The van der Waals surface area contributed by atoms with Crippen molar-refractivity contribution in [1.29, 1.82) is 0 Å². The number of rotatable bonds is 4. The summed E-state index contributed by atoms with van der Waals surface area (Å²) in [5.74, 6) is -1.35. The van der Waals surface area contributed by atoms with Gasteiger partial charge in [-0.1, -0.05) is 19.9 Å². The van der Waals surface area contributed by atoms with Gasteiger partial charge in [0.25, 0.3) is 5.91 Å². The number of hydrogen-bond acceptors (Lipinski definition) is 7. The van der Waals surface area contributed by atoms with E-state index in [0.29, 0.717) is 18.8 Å². The molecule has 35 heavy (non-hydrogen) atoms. The largest absolute Gasteiger partial charge is 0.395 e. The topological polar surface area (TPSA) is 117 Å². The Morgan fingerprint density at radius 1 is 1.17 bits per heavy atom. The normalized spacial score (nSPS) is 49.9. The molecule has 8 heteroatoms. The van der Waals surface area contributed by atoms with E-state index in [1.807, 2.05) is 13.0 Å².